The van der Waals surface area contributed by atoms with Crippen molar-refractivity contribution in [3.05, 3.63) is 34.9 Å². The summed E-state index contributed by atoms with van der Waals surface area (Å²) in [7, 11) is -1.90. The zero-order valence-electron chi connectivity index (χ0n) is 13.8. The zero-order valence-corrected chi connectivity index (χ0v) is 15.4. The molecule has 1 aromatic carbocycles. The molecular weight excluding hydrogens is 366 g/mol. The van der Waals surface area contributed by atoms with Crippen molar-refractivity contribution in [2.75, 3.05) is 26.7 Å². The number of fused-ring (bicyclic) bond motifs is 1. The number of carbonyl (C=O) groups excluding carboxylic acids is 1. The van der Waals surface area contributed by atoms with Crippen LogP contribution in [0.3, 0.4) is 0 Å². The van der Waals surface area contributed by atoms with E-state index in [9.17, 15) is 13.2 Å². The highest BCUT2D eigenvalue weighted by molar-refractivity contribution is 7.90. The van der Waals surface area contributed by atoms with Gasteiger partial charge in [-0.25, -0.2) is 13.2 Å². The Bertz CT molecular complexity index is 800. The van der Waals surface area contributed by atoms with Gasteiger partial charge >= 0.3 is 6.03 Å². The van der Waals surface area contributed by atoms with Gasteiger partial charge in [0, 0.05) is 31.7 Å². The van der Waals surface area contributed by atoms with Crippen LogP contribution in [-0.2, 0) is 21.3 Å². The Morgan fingerprint density at radius 2 is 2.08 bits per heavy atom. The maximum atomic E-state index is 13.0. The van der Waals surface area contributed by atoms with Crippen molar-refractivity contribution in [3.8, 4) is 0 Å². The summed E-state index contributed by atoms with van der Waals surface area (Å²) < 4.78 is 33.6. The molecule has 3 fully saturated rings. The lowest BCUT2D eigenvalue weighted by atomic mass is 9.99. The standard InChI is InChI=1S/C16H20ClN3O4S/c1-18-15(21)19-8-13-6-14-16(9-19,24-13)10-20(25(14,22)23)7-11-2-4-12(17)5-3-11/h2-5,13-14H,6-10H2,1H3,(H,18,21)/t13-,14+,16+/m0/s1. The van der Waals surface area contributed by atoms with E-state index >= 15 is 0 Å². The molecule has 4 rings (SSSR count). The molecule has 0 unspecified atom stereocenters. The van der Waals surface area contributed by atoms with Crippen LogP contribution >= 0.6 is 11.6 Å². The SMILES string of the molecule is CNC(=O)N1C[C@@H]2C[C@@H]3[C@@](C1)(CN(Cc1ccc(Cl)cc1)S3(=O)=O)O2. The molecule has 3 aliphatic heterocycles. The summed E-state index contributed by atoms with van der Waals surface area (Å²) in [6.07, 6.45) is 0.218. The lowest BCUT2D eigenvalue weighted by Gasteiger charge is -2.39. The van der Waals surface area contributed by atoms with Crippen LogP contribution in [-0.4, -0.2) is 67.3 Å². The molecule has 3 aliphatic rings. The van der Waals surface area contributed by atoms with E-state index in [1.54, 1.807) is 24.1 Å². The molecule has 3 heterocycles. The summed E-state index contributed by atoms with van der Waals surface area (Å²) in [4.78, 5) is 13.7. The third kappa shape index (κ3) is 2.71. The molecule has 0 aromatic heterocycles. The number of likely N-dealkylation sites (tertiary alicyclic amines) is 1. The van der Waals surface area contributed by atoms with Gasteiger partial charge in [-0.3, -0.25) is 0 Å². The number of morpholine rings is 1. The molecule has 9 heteroatoms. The van der Waals surface area contributed by atoms with Crippen LogP contribution in [0.2, 0.25) is 5.02 Å². The first kappa shape index (κ1) is 17.1. The molecule has 136 valence electrons. The van der Waals surface area contributed by atoms with E-state index in [-0.39, 0.29) is 25.2 Å². The topological polar surface area (TPSA) is 79.0 Å². The van der Waals surface area contributed by atoms with Crippen LogP contribution < -0.4 is 5.32 Å². The van der Waals surface area contributed by atoms with Gasteiger partial charge in [-0.1, -0.05) is 23.7 Å². The number of amides is 2. The van der Waals surface area contributed by atoms with Gasteiger partial charge < -0.3 is 15.0 Å². The lowest BCUT2D eigenvalue weighted by molar-refractivity contribution is -0.0956. The van der Waals surface area contributed by atoms with Crippen molar-refractivity contribution in [3.63, 3.8) is 0 Å². The van der Waals surface area contributed by atoms with Gasteiger partial charge in [-0.05, 0) is 24.1 Å². The second kappa shape index (κ2) is 5.84. The van der Waals surface area contributed by atoms with Crippen LogP contribution in [0.15, 0.2) is 24.3 Å². The predicted octanol–water partition coefficient (Wildman–Crippen LogP) is 1.04. The first-order valence-corrected chi connectivity index (χ1v) is 10.1. The van der Waals surface area contributed by atoms with Crippen LogP contribution in [0.25, 0.3) is 0 Å². The molecule has 1 N–H and O–H groups in total. The second-order valence-corrected chi connectivity index (χ2v) is 9.46. The van der Waals surface area contributed by atoms with E-state index in [0.717, 1.165) is 5.56 Å². The minimum Gasteiger partial charge on any atom is -0.365 e. The molecule has 0 aliphatic carbocycles. The summed E-state index contributed by atoms with van der Waals surface area (Å²) in [6, 6.07) is 6.95. The Hall–Kier alpha value is -1.35. The van der Waals surface area contributed by atoms with Crippen LogP contribution in [0, 0.1) is 0 Å². The molecule has 1 aromatic rings. The highest BCUT2D eigenvalue weighted by atomic mass is 35.5. The Labute approximate surface area is 151 Å². The first-order chi connectivity index (χ1) is 11.8. The van der Waals surface area contributed by atoms with Gasteiger partial charge in [0.25, 0.3) is 0 Å². The highest BCUT2D eigenvalue weighted by Crippen LogP contribution is 2.46. The second-order valence-electron chi connectivity index (χ2n) is 6.90. The Kier molecular flexibility index (Phi) is 3.99. The molecule has 2 amide bonds. The molecule has 1 spiro atoms. The van der Waals surface area contributed by atoms with Gasteiger partial charge in [0.1, 0.15) is 10.9 Å². The fraction of sp³-hybridized carbons (Fsp3) is 0.562. The van der Waals surface area contributed by atoms with Crippen molar-refractivity contribution in [2.24, 2.45) is 0 Å². The minimum atomic E-state index is -3.48. The van der Waals surface area contributed by atoms with E-state index in [1.807, 2.05) is 12.1 Å². The molecule has 2 bridgehead atoms. The van der Waals surface area contributed by atoms with E-state index < -0.39 is 20.9 Å². The summed E-state index contributed by atoms with van der Waals surface area (Å²) >= 11 is 5.89. The quantitative estimate of drug-likeness (QED) is 0.824. The first-order valence-electron chi connectivity index (χ1n) is 8.22. The van der Waals surface area contributed by atoms with Gasteiger partial charge in [0.2, 0.25) is 10.0 Å². The molecule has 7 nitrogen and oxygen atoms in total. The van der Waals surface area contributed by atoms with Crippen LogP contribution in [0.5, 0.6) is 0 Å². The smallest absolute Gasteiger partial charge is 0.317 e. The van der Waals surface area contributed by atoms with Crippen molar-refractivity contribution >= 4 is 27.7 Å². The fourth-order valence-corrected chi connectivity index (χ4v) is 6.62. The average Bonchev–Trinajstić information content (AvgIpc) is 2.95. The number of halogens is 1. The van der Waals surface area contributed by atoms with Gasteiger partial charge in [0.15, 0.2) is 0 Å². The Balaban J connectivity index is 1.60. The van der Waals surface area contributed by atoms with Crippen molar-refractivity contribution in [1.82, 2.24) is 14.5 Å². The summed E-state index contributed by atoms with van der Waals surface area (Å²) in [6.45, 7) is 1.28. The van der Waals surface area contributed by atoms with Crippen molar-refractivity contribution in [1.29, 1.82) is 0 Å². The van der Waals surface area contributed by atoms with Crippen LogP contribution in [0.4, 0.5) is 4.79 Å². The average molecular weight is 386 g/mol. The molecule has 0 radical (unpaired) electrons. The zero-order chi connectivity index (χ0) is 17.8. The van der Waals surface area contributed by atoms with Crippen LogP contribution in [0.1, 0.15) is 12.0 Å². The molecule has 25 heavy (non-hydrogen) atoms. The monoisotopic (exact) mass is 385 g/mol. The molecular formula is C16H20ClN3O4S. The number of nitrogens with one attached hydrogen (secondary N) is 1. The number of hydrogen-bond donors (Lipinski definition) is 1. The third-order valence-corrected chi connectivity index (χ3v) is 7.86. The number of benzene rings is 1. The maximum absolute atomic E-state index is 13.0. The van der Waals surface area contributed by atoms with E-state index in [2.05, 4.69) is 5.32 Å². The van der Waals surface area contributed by atoms with Crippen molar-refractivity contribution < 1.29 is 17.9 Å². The highest BCUT2D eigenvalue weighted by Gasteiger charge is 2.65. The van der Waals surface area contributed by atoms with E-state index in [0.29, 0.717) is 24.5 Å². The third-order valence-electron chi connectivity index (χ3n) is 5.28. The summed E-state index contributed by atoms with van der Waals surface area (Å²) in [5.74, 6) is 0. The largest absolute Gasteiger partial charge is 0.365 e. The number of ether oxygens (including phenoxy) is 1. The van der Waals surface area contributed by atoms with E-state index in [4.69, 9.17) is 16.3 Å². The van der Waals surface area contributed by atoms with Gasteiger partial charge in [-0.2, -0.15) is 4.31 Å². The number of sulfonamides is 1. The van der Waals surface area contributed by atoms with Gasteiger partial charge in [0.05, 0.1) is 12.6 Å². The normalized spacial score (nSPS) is 33.3. The summed E-state index contributed by atoms with van der Waals surface area (Å²) in [5, 5.41) is 2.64. The molecule has 0 saturated carbocycles. The number of nitrogens with zero attached hydrogens (tertiary/aromatic N) is 2. The minimum absolute atomic E-state index is 0.193. The Morgan fingerprint density at radius 3 is 2.76 bits per heavy atom. The fourth-order valence-electron chi connectivity index (χ4n) is 4.20. The van der Waals surface area contributed by atoms with E-state index in [1.165, 1.54) is 4.31 Å². The number of rotatable bonds is 2. The Morgan fingerprint density at radius 1 is 1.36 bits per heavy atom. The van der Waals surface area contributed by atoms with Crippen molar-refractivity contribution in [2.45, 2.75) is 29.9 Å². The predicted molar refractivity (Wildman–Crippen MR) is 92.8 cm³/mol. The number of hydrogen-bond acceptors (Lipinski definition) is 4. The molecule has 3 atom stereocenters. The molecule has 3 saturated heterocycles. The maximum Gasteiger partial charge on any atom is 0.317 e. The number of urea groups is 1. The summed E-state index contributed by atoms with van der Waals surface area (Å²) in [5.41, 5.74) is 0.0422. The lowest BCUT2D eigenvalue weighted by Crippen LogP contribution is -2.58. The van der Waals surface area contributed by atoms with Gasteiger partial charge in [-0.15, -0.1) is 0 Å². The number of carbonyl (C=O) groups is 1.